The van der Waals surface area contributed by atoms with Gasteiger partial charge in [-0.05, 0) is 30.0 Å². The molecule has 1 fully saturated rings. The molecule has 1 aliphatic heterocycles. The summed E-state index contributed by atoms with van der Waals surface area (Å²) < 4.78 is 0. The summed E-state index contributed by atoms with van der Waals surface area (Å²) in [6.45, 7) is 5.04. The Morgan fingerprint density at radius 2 is 1.86 bits per heavy atom. The fraction of sp³-hybridized carbons (Fsp3) is 0.520. The molecule has 1 aromatic heterocycles. The number of nitrogens with one attached hydrogen (secondary N) is 1. The maximum Gasteiger partial charge on any atom is 0.236 e. The molecule has 2 aromatic rings. The Morgan fingerprint density at radius 1 is 1.17 bits per heavy atom. The minimum atomic E-state index is -0.545. The van der Waals surface area contributed by atoms with E-state index in [2.05, 4.69) is 27.1 Å². The van der Waals surface area contributed by atoms with Crippen LogP contribution in [0.3, 0.4) is 0 Å². The first-order chi connectivity index (χ1) is 16.8. The lowest BCUT2D eigenvalue weighted by Gasteiger charge is -2.38. The van der Waals surface area contributed by atoms with Crippen LogP contribution in [-0.4, -0.2) is 90.1 Å². The molecule has 188 valence electrons. The number of aromatic nitrogens is 2. The first-order valence-corrected chi connectivity index (χ1v) is 12.4. The van der Waals surface area contributed by atoms with Crippen LogP contribution in [0.4, 0.5) is 5.82 Å². The molecule has 1 saturated heterocycles. The van der Waals surface area contributed by atoms with Crippen molar-refractivity contribution < 1.29 is 14.7 Å². The number of aliphatic hydroxyl groups excluding tert-OH is 1. The number of likely N-dealkylation sites (N-methyl/N-ethyl adjacent to an activating group) is 1. The van der Waals surface area contributed by atoms with Crippen molar-refractivity contribution >= 4 is 29.2 Å². The van der Waals surface area contributed by atoms with Crippen molar-refractivity contribution in [1.29, 1.82) is 0 Å². The molecule has 1 aromatic carbocycles. The molecule has 1 aliphatic carbocycles. The van der Waals surface area contributed by atoms with E-state index in [0.717, 1.165) is 22.6 Å². The zero-order valence-corrected chi connectivity index (χ0v) is 21.2. The summed E-state index contributed by atoms with van der Waals surface area (Å²) in [6, 6.07) is 7.30. The fourth-order valence-electron chi connectivity index (χ4n) is 4.84. The van der Waals surface area contributed by atoms with Crippen molar-refractivity contribution in [2.75, 3.05) is 58.3 Å². The number of rotatable bonds is 7. The number of anilines is 1. The minimum absolute atomic E-state index is 0.0217. The van der Waals surface area contributed by atoms with Gasteiger partial charge in [0.05, 0.1) is 24.3 Å². The van der Waals surface area contributed by atoms with Crippen molar-refractivity contribution in [3.8, 4) is 0 Å². The van der Waals surface area contributed by atoms with Gasteiger partial charge in [0, 0.05) is 57.4 Å². The van der Waals surface area contributed by atoms with Crippen molar-refractivity contribution in [2.45, 2.75) is 31.3 Å². The highest BCUT2D eigenvalue weighted by Crippen LogP contribution is 2.42. The van der Waals surface area contributed by atoms with E-state index in [4.69, 9.17) is 11.6 Å². The maximum atomic E-state index is 13.6. The molecule has 2 N–H and O–H groups in total. The van der Waals surface area contributed by atoms with Crippen LogP contribution in [0.5, 0.6) is 0 Å². The summed E-state index contributed by atoms with van der Waals surface area (Å²) in [6.07, 6.45) is 1.63. The molecular weight excluding hydrogens is 468 g/mol. The van der Waals surface area contributed by atoms with Gasteiger partial charge < -0.3 is 25.1 Å². The van der Waals surface area contributed by atoms with Gasteiger partial charge in [0.25, 0.3) is 0 Å². The number of carbonyl (C=O) groups is 2. The third-order valence-corrected chi connectivity index (χ3v) is 7.12. The van der Waals surface area contributed by atoms with Crippen LogP contribution in [0.25, 0.3) is 0 Å². The van der Waals surface area contributed by atoms with Gasteiger partial charge in [-0.1, -0.05) is 30.7 Å². The molecule has 9 nitrogen and oxygen atoms in total. The molecule has 0 radical (unpaired) electrons. The number of hydrogen-bond donors (Lipinski definition) is 2. The van der Waals surface area contributed by atoms with E-state index in [1.165, 1.54) is 11.2 Å². The van der Waals surface area contributed by atoms with E-state index in [-0.39, 0.29) is 24.3 Å². The van der Waals surface area contributed by atoms with Gasteiger partial charge in [0.2, 0.25) is 11.8 Å². The van der Waals surface area contributed by atoms with Gasteiger partial charge in [0.15, 0.2) is 0 Å². The third kappa shape index (κ3) is 5.58. The van der Waals surface area contributed by atoms with Crippen LogP contribution in [0.2, 0.25) is 5.02 Å². The molecule has 2 aliphatic rings. The Labute approximate surface area is 211 Å². The topological polar surface area (TPSA) is 102 Å². The number of halogens is 1. The summed E-state index contributed by atoms with van der Waals surface area (Å²) in [5.74, 6) is 0.615. The predicted octanol–water partition coefficient (Wildman–Crippen LogP) is 1.78. The normalized spacial score (nSPS) is 20.5. The van der Waals surface area contributed by atoms with Crippen molar-refractivity contribution in [1.82, 2.24) is 25.1 Å². The highest BCUT2D eigenvalue weighted by Gasteiger charge is 2.35. The lowest BCUT2D eigenvalue weighted by Crippen LogP contribution is -2.51. The standard InChI is InChI=1S/C25H33ClN6O3/c1-16-12-20(33)23-22(16)24(29-15-28-23)31-8-10-32(11-9-31)25(35)19(13-27-14-21(34)30(2)3)17-4-6-18(26)7-5-17/h4-7,15-16,19-20,27,33H,8-14H2,1-3H3/t16-,19+,20-/m1/s1. The van der Waals surface area contributed by atoms with Crippen LogP contribution in [-0.2, 0) is 9.59 Å². The summed E-state index contributed by atoms with van der Waals surface area (Å²) in [4.78, 5) is 40.0. The second-order valence-electron chi connectivity index (χ2n) is 9.48. The number of nitrogens with zero attached hydrogens (tertiary/aromatic N) is 5. The van der Waals surface area contributed by atoms with Crippen LogP contribution in [0, 0.1) is 0 Å². The maximum absolute atomic E-state index is 13.6. The highest BCUT2D eigenvalue weighted by atomic mass is 35.5. The number of benzene rings is 1. The number of aliphatic hydroxyl groups is 1. The zero-order valence-electron chi connectivity index (χ0n) is 20.4. The zero-order chi connectivity index (χ0) is 25.1. The molecule has 10 heteroatoms. The second-order valence-corrected chi connectivity index (χ2v) is 9.92. The highest BCUT2D eigenvalue weighted by molar-refractivity contribution is 6.30. The molecule has 0 unspecified atom stereocenters. The minimum Gasteiger partial charge on any atom is -0.387 e. The SMILES string of the molecule is C[C@@H]1C[C@@H](O)c2ncnc(N3CCN(C(=O)[C@@H](CNCC(=O)N(C)C)c4ccc(Cl)cc4)CC3)c21. The molecule has 3 atom stereocenters. The van der Waals surface area contributed by atoms with Crippen molar-refractivity contribution in [3.63, 3.8) is 0 Å². The van der Waals surface area contributed by atoms with E-state index < -0.39 is 12.0 Å². The summed E-state index contributed by atoms with van der Waals surface area (Å²) in [7, 11) is 3.42. The van der Waals surface area contributed by atoms with Crippen LogP contribution in [0.15, 0.2) is 30.6 Å². The number of amides is 2. The van der Waals surface area contributed by atoms with E-state index in [0.29, 0.717) is 44.2 Å². The lowest BCUT2D eigenvalue weighted by molar-refractivity contribution is -0.133. The molecule has 2 heterocycles. The largest absolute Gasteiger partial charge is 0.387 e. The van der Waals surface area contributed by atoms with Crippen LogP contribution in [0.1, 0.15) is 48.1 Å². The lowest BCUT2D eigenvalue weighted by atomic mass is 9.97. The average Bonchev–Trinajstić information content (AvgIpc) is 3.15. The number of hydrogen-bond acceptors (Lipinski definition) is 7. The summed E-state index contributed by atoms with van der Waals surface area (Å²) >= 11 is 6.07. The molecule has 0 saturated carbocycles. The monoisotopic (exact) mass is 500 g/mol. The van der Waals surface area contributed by atoms with E-state index in [9.17, 15) is 14.7 Å². The second kappa shape index (κ2) is 10.9. The smallest absolute Gasteiger partial charge is 0.236 e. The Morgan fingerprint density at radius 3 is 2.51 bits per heavy atom. The van der Waals surface area contributed by atoms with Crippen molar-refractivity contribution in [2.24, 2.45) is 0 Å². The third-order valence-electron chi connectivity index (χ3n) is 6.86. The van der Waals surface area contributed by atoms with E-state index in [1.807, 2.05) is 17.0 Å². The Balaban J connectivity index is 1.44. The first-order valence-electron chi connectivity index (χ1n) is 12.0. The van der Waals surface area contributed by atoms with E-state index >= 15 is 0 Å². The van der Waals surface area contributed by atoms with Gasteiger partial charge in [-0.15, -0.1) is 0 Å². The molecule has 35 heavy (non-hydrogen) atoms. The van der Waals surface area contributed by atoms with Gasteiger partial charge >= 0.3 is 0 Å². The van der Waals surface area contributed by atoms with Gasteiger partial charge in [-0.2, -0.15) is 0 Å². The Hall–Kier alpha value is -2.75. The molecular formula is C25H33ClN6O3. The fourth-order valence-corrected chi connectivity index (χ4v) is 4.96. The van der Waals surface area contributed by atoms with Crippen LogP contribution >= 0.6 is 11.6 Å². The first kappa shape index (κ1) is 25.3. The molecule has 2 amide bonds. The quantitative estimate of drug-likeness (QED) is 0.597. The number of fused-ring (bicyclic) bond motifs is 1. The molecule has 0 bridgehead atoms. The Bertz CT molecular complexity index is 1060. The van der Waals surface area contributed by atoms with Crippen molar-refractivity contribution in [3.05, 3.63) is 52.4 Å². The van der Waals surface area contributed by atoms with Gasteiger partial charge in [0.1, 0.15) is 12.1 Å². The van der Waals surface area contributed by atoms with Gasteiger partial charge in [-0.25, -0.2) is 9.97 Å². The number of carbonyl (C=O) groups excluding carboxylic acids is 2. The molecule has 0 spiro atoms. The average molecular weight is 501 g/mol. The number of piperazine rings is 1. The van der Waals surface area contributed by atoms with Crippen LogP contribution < -0.4 is 10.2 Å². The van der Waals surface area contributed by atoms with E-state index in [1.54, 1.807) is 26.2 Å². The van der Waals surface area contributed by atoms with Gasteiger partial charge in [-0.3, -0.25) is 9.59 Å². The predicted molar refractivity (Wildman–Crippen MR) is 135 cm³/mol. The summed E-state index contributed by atoms with van der Waals surface area (Å²) in [5, 5.41) is 14.1. The molecule has 4 rings (SSSR count). The summed E-state index contributed by atoms with van der Waals surface area (Å²) in [5.41, 5.74) is 2.61. The Kier molecular flexibility index (Phi) is 7.88.